The van der Waals surface area contributed by atoms with Crippen LogP contribution in [0, 0.1) is 0 Å². The van der Waals surface area contributed by atoms with Gasteiger partial charge >= 0.3 is 6.09 Å². The highest BCUT2D eigenvalue weighted by Gasteiger charge is 2.50. The van der Waals surface area contributed by atoms with Gasteiger partial charge < -0.3 is 15.3 Å². The molecule has 1 aromatic heterocycles. The molecule has 1 aliphatic carbocycles. The maximum atomic E-state index is 12.7. The van der Waals surface area contributed by atoms with Crippen molar-refractivity contribution < 1.29 is 14.7 Å². The highest BCUT2D eigenvalue weighted by Crippen LogP contribution is 2.47. The van der Waals surface area contributed by atoms with Crippen molar-refractivity contribution in [3.8, 4) is 0 Å². The second-order valence-corrected chi connectivity index (χ2v) is 7.67. The number of carboxylic acid groups (broad SMARTS) is 1. The predicted molar refractivity (Wildman–Crippen MR) is 97.2 cm³/mol. The fourth-order valence-electron chi connectivity index (χ4n) is 5.10. The van der Waals surface area contributed by atoms with Crippen LogP contribution in [0.5, 0.6) is 0 Å². The third-order valence-corrected chi connectivity index (χ3v) is 6.54. The molecule has 3 aliphatic rings. The number of nitrogens with zero attached hydrogens (tertiary/aromatic N) is 3. The summed E-state index contributed by atoms with van der Waals surface area (Å²) in [7, 11) is 0. The van der Waals surface area contributed by atoms with Crippen molar-refractivity contribution in [1.82, 2.24) is 14.8 Å². The Bertz CT molecular complexity index is 714. The lowest BCUT2D eigenvalue weighted by Crippen LogP contribution is -2.46. The standard InChI is InChI=1S/C19H26N4O3/c1-2-23(18(25)26)14-7-11-22(12-14)13-5-8-19(9-6-13)15-4-3-10-20-16(15)21-17(19)24/h3-4,10,13-14H,2,5-9,11-12H2,1H3,(H,25,26)(H,20,21,24)/t13?,14-,19?/m0/s1. The van der Waals surface area contributed by atoms with Crippen LogP contribution >= 0.6 is 0 Å². The van der Waals surface area contributed by atoms with Crippen molar-refractivity contribution >= 4 is 17.8 Å². The first kappa shape index (κ1) is 17.3. The summed E-state index contributed by atoms with van der Waals surface area (Å²) in [6, 6.07) is 4.46. The Morgan fingerprint density at radius 1 is 1.42 bits per heavy atom. The summed E-state index contributed by atoms with van der Waals surface area (Å²) in [4.78, 5) is 32.3. The molecule has 1 atom stereocenters. The zero-order valence-electron chi connectivity index (χ0n) is 15.1. The van der Waals surface area contributed by atoms with Crippen molar-refractivity contribution in [3.05, 3.63) is 23.9 Å². The number of aromatic nitrogens is 1. The highest BCUT2D eigenvalue weighted by molar-refractivity contribution is 6.05. The van der Waals surface area contributed by atoms with E-state index in [1.165, 1.54) is 0 Å². The molecule has 140 valence electrons. The monoisotopic (exact) mass is 358 g/mol. The van der Waals surface area contributed by atoms with Crippen LogP contribution in [-0.2, 0) is 10.2 Å². The third kappa shape index (κ3) is 2.65. The first-order chi connectivity index (χ1) is 12.5. The first-order valence-corrected chi connectivity index (χ1v) is 9.55. The normalized spacial score (nSPS) is 31.0. The molecular weight excluding hydrogens is 332 g/mol. The van der Waals surface area contributed by atoms with Crippen molar-refractivity contribution in [2.24, 2.45) is 0 Å². The summed E-state index contributed by atoms with van der Waals surface area (Å²) in [5.74, 6) is 0.809. The van der Waals surface area contributed by atoms with E-state index in [9.17, 15) is 14.7 Å². The number of likely N-dealkylation sites (tertiary alicyclic amines) is 1. The zero-order valence-corrected chi connectivity index (χ0v) is 15.1. The Balaban J connectivity index is 1.42. The van der Waals surface area contributed by atoms with Gasteiger partial charge in [-0.25, -0.2) is 9.78 Å². The smallest absolute Gasteiger partial charge is 0.407 e. The number of hydrogen-bond acceptors (Lipinski definition) is 4. The van der Waals surface area contributed by atoms with E-state index in [4.69, 9.17) is 0 Å². The van der Waals surface area contributed by atoms with Crippen LogP contribution in [-0.4, -0.2) is 63.6 Å². The van der Waals surface area contributed by atoms with E-state index in [1.807, 2.05) is 19.1 Å². The number of pyridine rings is 1. The van der Waals surface area contributed by atoms with Gasteiger partial charge in [-0.3, -0.25) is 9.69 Å². The van der Waals surface area contributed by atoms with Crippen molar-refractivity contribution in [2.75, 3.05) is 25.0 Å². The number of anilines is 1. The average molecular weight is 358 g/mol. The quantitative estimate of drug-likeness (QED) is 0.866. The molecule has 7 heteroatoms. The summed E-state index contributed by atoms with van der Waals surface area (Å²) < 4.78 is 0. The van der Waals surface area contributed by atoms with Crippen molar-refractivity contribution in [2.45, 2.75) is 56.5 Å². The Morgan fingerprint density at radius 3 is 2.88 bits per heavy atom. The van der Waals surface area contributed by atoms with E-state index in [0.717, 1.165) is 56.6 Å². The minimum absolute atomic E-state index is 0.0898. The summed E-state index contributed by atoms with van der Waals surface area (Å²) in [5.41, 5.74) is 0.626. The van der Waals surface area contributed by atoms with Crippen LogP contribution in [0.4, 0.5) is 10.6 Å². The molecule has 7 nitrogen and oxygen atoms in total. The molecule has 26 heavy (non-hydrogen) atoms. The van der Waals surface area contributed by atoms with E-state index >= 15 is 0 Å². The molecule has 2 fully saturated rings. The second kappa shape index (κ2) is 6.54. The largest absolute Gasteiger partial charge is 0.465 e. The number of carbonyl (C=O) groups is 2. The summed E-state index contributed by atoms with van der Waals surface area (Å²) in [5, 5.41) is 12.3. The van der Waals surface area contributed by atoms with Gasteiger partial charge in [0.25, 0.3) is 0 Å². The molecule has 3 heterocycles. The van der Waals surface area contributed by atoms with Gasteiger partial charge in [-0.2, -0.15) is 0 Å². The van der Waals surface area contributed by atoms with Gasteiger partial charge in [-0.05, 0) is 45.1 Å². The highest BCUT2D eigenvalue weighted by atomic mass is 16.4. The molecule has 1 saturated heterocycles. The molecule has 1 spiro atoms. The SMILES string of the molecule is CCN(C(=O)O)[C@H]1CCN(C2CCC3(CC2)C(=O)Nc2ncccc23)C1. The number of nitrogens with one attached hydrogen (secondary N) is 1. The van der Waals surface area contributed by atoms with Crippen LogP contribution in [0.15, 0.2) is 18.3 Å². The van der Waals surface area contributed by atoms with Gasteiger partial charge in [0.05, 0.1) is 5.41 Å². The maximum absolute atomic E-state index is 12.7. The van der Waals surface area contributed by atoms with Crippen LogP contribution < -0.4 is 5.32 Å². The number of fused-ring (bicyclic) bond motifs is 2. The number of amides is 2. The molecule has 0 bridgehead atoms. The van der Waals surface area contributed by atoms with Gasteiger partial charge in [0.2, 0.25) is 5.91 Å². The Hall–Kier alpha value is -2.15. The summed E-state index contributed by atoms with van der Waals surface area (Å²) in [6.45, 7) is 4.18. The summed E-state index contributed by atoms with van der Waals surface area (Å²) in [6.07, 6.45) is 5.39. The van der Waals surface area contributed by atoms with Crippen LogP contribution in [0.25, 0.3) is 0 Å². The molecule has 1 saturated carbocycles. The lowest BCUT2D eigenvalue weighted by molar-refractivity contribution is -0.122. The third-order valence-electron chi connectivity index (χ3n) is 6.54. The molecule has 2 N–H and O–H groups in total. The maximum Gasteiger partial charge on any atom is 0.407 e. The van der Waals surface area contributed by atoms with Crippen LogP contribution in [0.1, 0.15) is 44.6 Å². The number of hydrogen-bond donors (Lipinski definition) is 2. The lowest BCUT2D eigenvalue weighted by Gasteiger charge is -2.39. The number of likely N-dealkylation sites (N-methyl/N-ethyl adjacent to an activating group) is 1. The Morgan fingerprint density at radius 2 is 2.19 bits per heavy atom. The second-order valence-electron chi connectivity index (χ2n) is 7.67. The van der Waals surface area contributed by atoms with Crippen LogP contribution in [0.2, 0.25) is 0 Å². The first-order valence-electron chi connectivity index (χ1n) is 9.55. The topological polar surface area (TPSA) is 85.8 Å². The van der Waals surface area contributed by atoms with E-state index < -0.39 is 11.5 Å². The molecule has 0 radical (unpaired) electrons. The molecule has 2 amide bonds. The van der Waals surface area contributed by atoms with Gasteiger partial charge in [0.15, 0.2) is 0 Å². The van der Waals surface area contributed by atoms with Gasteiger partial charge in [0.1, 0.15) is 5.82 Å². The number of carbonyl (C=O) groups excluding carboxylic acids is 1. The van der Waals surface area contributed by atoms with E-state index in [2.05, 4.69) is 15.2 Å². The molecular formula is C19H26N4O3. The summed E-state index contributed by atoms with van der Waals surface area (Å²) >= 11 is 0. The number of rotatable bonds is 3. The van der Waals surface area contributed by atoms with Gasteiger partial charge in [0, 0.05) is 43.5 Å². The van der Waals surface area contributed by atoms with Crippen LogP contribution in [0.3, 0.4) is 0 Å². The van der Waals surface area contributed by atoms with Crippen molar-refractivity contribution in [1.29, 1.82) is 0 Å². The molecule has 4 rings (SSSR count). The molecule has 0 unspecified atom stereocenters. The van der Waals surface area contributed by atoms with E-state index in [-0.39, 0.29) is 11.9 Å². The minimum Gasteiger partial charge on any atom is -0.465 e. The predicted octanol–water partition coefficient (Wildman–Crippen LogP) is 2.29. The fourth-order valence-corrected chi connectivity index (χ4v) is 5.10. The van der Waals surface area contributed by atoms with E-state index in [1.54, 1.807) is 11.1 Å². The van der Waals surface area contributed by atoms with Gasteiger partial charge in [-0.1, -0.05) is 6.07 Å². The Kier molecular flexibility index (Phi) is 4.34. The average Bonchev–Trinajstić information content (AvgIpc) is 3.21. The zero-order chi connectivity index (χ0) is 18.3. The minimum atomic E-state index is -0.825. The van der Waals surface area contributed by atoms with E-state index in [0.29, 0.717) is 12.6 Å². The molecule has 2 aliphatic heterocycles. The fraction of sp³-hybridized carbons (Fsp3) is 0.632. The molecule has 1 aromatic rings. The Labute approximate surface area is 153 Å². The van der Waals surface area contributed by atoms with Crippen molar-refractivity contribution in [3.63, 3.8) is 0 Å². The van der Waals surface area contributed by atoms with Gasteiger partial charge in [-0.15, -0.1) is 0 Å². The molecule has 0 aromatic carbocycles. The lowest BCUT2D eigenvalue weighted by atomic mass is 9.69.